The van der Waals surface area contributed by atoms with Gasteiger partial charge >= 0.3 is 0 Å². The van der Waals surface area contributed by atoms with E-state index in [9.17, 15) is 0 Å². The molecule has 1 fully saturated rings. The number of thioether (sulfide) groups is 1. The first-order valence-corrected chi connectivity index (χ1v) is 7.17. The molecule has 0 saturated carbocycles. The van der Waals surface area contributed by atoms with Crippen LogP contribution in [-0.2, 0) is 6.42 Å². The fourth-order valence-corrected chi connectivity index (χ4v) is 2.53. The second-order valence-corrected chi connectivity index (χ2v) is 5.07. The predicted octanol–water partition coefficient (Wildman–Crippen LogP) is 1.86. The van der Waals surface area contributed by atoms with Crippen LogP contribution in [0.15, 0.2) is 29.2 Å². The molecule has 2 rings (SSSR count). The van der Waals surface area contributed by atoms with Crippen LogP contribution >= 0.6 is 11.8 Å². The molecule has 0 atom stereocenters. The maximum Gasteiger partial charge on any atom is 0.0108 e. The normalized spacial score (nSPS) is 17.6. The second kappa shape index (κ2) is 6.28. The molecule has 0 aliphatic carbocycles. The van der Waals surface area contributed by atoms with Gasteiger partial charge in [0.1, 0.15) is 0 Å². The minimum atomic E-state index is 1.14. The Morgan fingerprint density at radius 2 is 2.12 bits per heavy atom. The lowest BCUT2D eigenvalue weighted by Gasteiger charge is -2.27. The van der Waals surface area contributed by atoms with Crippen LogP contribution in [-0.4, -0.2) is 43.9 Å². The molecule has 1 aromatic rings. The van der Waals surface area contributed by atoms with Gasteiger partial charge in [0.15, 0.2) is 0 Å². The van der Waals surface area contributed by atoms with Crippen LogP contribution in [0.3, 0.4) is 0 Å². The quantitative estimate of drug-likeness (QED) is 0.803. The van der Waals surface area contributed by atoms with Gasteiger partial charge in [-0.15, -0.1) is 11.8 Å². The summed E-state index contributed by atoms with van der Waals surface area (Å²) in [5.41, 5.74) is 1.46. The van der Waals surface area contributed by atoms with Crippen molar-refractivity contribution in [2.45, 2.75) is 11.3 Å². The van der Waals surface area contributed by atoms with E-state index in [0.717, 1.165) is 13.1 Å². The molecule has 0 spiro atoms. The molecule has 0 unspecified atom stereocenters. The smallest absolute Gasteiger partial charge is 0.0108 e. The zero-order valence-corrected chi connectivity index (χ0v) is 10.7. The summed E-state index contributed by atoms with van der Waals surface area (Å²) in [5.74, 6) is 0. The van der Waals surface area contributed by atoms with Gasteiger partial charge in [-0.25, -0.2) is 0 Å². The maximum absolute atomic E-state index is 3.39. The molecule has 88 valence electrons. The minimum Gasteiger partial charge on any atom is -0.314 e. The fourth-order valence-electron chi connectivity index (χ4n) is 2.05. The molecular formula is C13H20N2S. The van der Waals surface area contributed by atoms with Gasteiger partial charge in [-0.05, 0) is 30.4 Å². The third-order valence-corrected chi connectivity index (χ3v) is 3.79. The van der Waals surface area contributed by atoms with Crippen LogP contribution in [0.4, 0.5) is 0 Å². The molecule has 1 saturated heterocycles. The molecule has 1 heterocycles. The Kier molecular flexibility index (Phi) is 4.69. The topological polar surface area (TPSA) is 15.3 Å². The molecule has 1 N–H and O–H groups in total. The van der Waals surface area contributed by atoms with E-state index in [4.69, 9.17) is 0 Å². The summed E-state index contributed by atoms with van der Waals surface area (Å²) >= 11 is 1.82. The van der Waals surface area contributed by atoms with Gasteiger partial charge in [0.05, 0.1) is 0 Å². The first-order valence-electron chi connectivity index (χ1n) is 5.94. The molecule has 0 aromatic heterocycles. The van der Waals surface area contributed by atoms with Gasteiger partial charge < -0.3 is 10.2 Å². The van der Waals surface area contributed by atoms with Gasteiger partial charge in [0.25, 0.3) is 0 Å². The summed E-state index contributed by atoms with van der Waals surface area (Å²) in [6.45, 7) is 5.87. The van der Waals surface area contributed by atoms with Crippen molar-refractivity contribution < 1.29 is 0 Å². The number of hydrogen-bond donors (Lipinski definition) is 1. The summed E-state index contributed by atoms with van der Waals surface area (Å²) in [7, 11) is 0. The summed E-state index contributed by atoms with van der Waals surface area (Å²) < 4.78 is 0. The molecule has 0 amide bonds. The third-order valence-electron chi connectivity index (χ3n) is 3.06. The van der Waals surface area contributed by atoms with E-state index in [1.807, 2.05) is 11.8 Å². The third kappa shape index (κ3) is 3.51. The van der Waals surface area contributed by atoms with Crippen LogP contribution in [0, 0.1) is 0 Å². The van der Waals surface area contributed by atoms with E-state index in [1.165, 1.54) is 36.5 Å². The molecular weight excluding hydrogens is 216 g/mol. The first kappa shape index (κ1) is 12.0. The second-order valence-electron chi connectivity index (χ2n) is 4.19. The van der Waals surface area contributed by atoms with Gasteiger partial charge in [-0.2, -0.15) is 0 Å². The molecule has 1 aliphatic rings. The summed E-state index contributed by atoms with van der Waals surface area (Å²) in [6, 6.07) is 8.90. The molecule has 2 nitrogen and oxygen atoms in total. The van der Waals surface area contributed by atoms with Gasteiger partial charge in [-0.1, -0.05) is 12.1 Å². The maximum atomic E-state index is 3.39. The Morgan fingerprint density at radius 1 is 1.31 bits per heavy atom. The SMILES string of the molecule is CSc1cccc(CCN2CCNCC2)c1. The molecule has 16 heavy (non-hydrogen) atoms. The summed E-state index contributed by atoms with van der Waals surface area (Å²) in [6.07, 6.45) is 3.31. The van der Waals surface area contributed by atoms with Crippen LogP contribution in [0.5, 0.6) is 0 Å². The highest BCUT2D eigenvalue weighted by atomic mass is 32.2. The number of nitrogens with zero attached hydrogens (tertiary/aromatic N) is 1. The molecule has 1 aromatic carbocycles. The van der Waals surface area contributed by atoms with Crippen molar-refractivity contribution >= 4 is 11.8 Å². The Hall–Kier alpha value is -0.510. The Balaban J connectivity index is 1.83. The van der Waals surface area contributed by atoms with Crippen molar-refractivity contribution in [3.8, 4) is 0 Å². The number of piperazine rings is 1. The van der Waals surface area contributed by atoms with Crippen molar-refractivity contribution in [3.63, 3.8) is 0 Å². The van der Waals surface area contributed by atoms with Crippen LogP contribution in [0.1, 0.15) is 5.56 Å². The molecule has 0 radical (unpaired) electrons. The highest BCUT2D eigenvalue weighted by Gasteiger charge is 2.08. The lowest BCUT2D eigenvalue weighted by atomic mass is 10.1. The minimum absolute atomic E-state index is 1.14. The Morgan fingerprint density at radius 3 is 2.88 bits per heavy atom. The number of rotatable bonds is 4. The largest absolute Gasteiger partial charge is 0.314 e. The van der Waals surface area contributed by atoms with Crippen molar-refractivity contribution in [2.24, 2.45) is 0 Å². The van der Waals surface area contributed by atoms with E-state index in [-0.39, 0.29) is 0 Å². The molecule has 0 bridgehead atoms. The lowest BCUT2D eigenvalue weighted by molar-refractivity contribution is 0.244. The van der Waals surface area contributed by atoms with Crippen molar-refractivity contribution in [1.29, 1.82) is 0 Å². The number of nitrogens with one attached hydrogen (secondary N) is 1. The fraction of sp³-hybridized carbons (Fsp3) is 0.538. The van der Waals surface area contributed by atoms with Crippen molar-refractivity contribution in [2.75, 3.05) is 39.0 Å². The zero-order chi connectivity index (χ0) is 11.2. The van der Waals surface area contributed by atoms with Crippen molar-refractivity contribution in [3.05, 3.63) is 29.8 Å². The summed E-state index contributed by atoms with van der Waals surface area (Å²) in [5, 5.41) is 3.39. The summed E-state index contributed by atoms with van der Waals surface area (Å²) in [4.78, 5) is 3.92. The lowest BCUT2D eigenvalue weighted by Crippen LogP contribution is -2.44. The Labute approximate surface area is 102 Å². The average molecular weight is 236 g/mol. The number of benzene rings is 1. The average Bonchev–Trinajstić information content (AvgIpc) is 2.38. The van der Waals surface area contributed by atoms with Crippen LogP contribution in [0.2, 0.25) is 0 Å². The first-order chi connectivity index (χ1) is 7.88. The molecule has 3 heteroatoms. The monoisotopic (exact) mass is 236 g/mol. The van der Waals surface area contributed by atoms with Gasteiger partial charge in [0, 0.05) is 37.6 Å². The van der Waals surface area contributed by atoms with E-state index in [1.54, 1.807) is 0 Å². The van der Waals surface area contributed by atoms with Gasteiger partial charge in [-0.3, -0.25) is 0 Å². The highest BCUT2D eigenvalue weighted by Crippen LogP contribution is 2.16. The van der Waals surface area contributed by atoms with E-state index in [2.05, 4.69) is 40.7 Å². The Bertz CT molecular complexity index is 321. The predicted molar refractivity (Wildman–Crippen MR) is 71.2 cm³/mol. The van der Waals surface area contributed by atoms with Gasteiger partial charge in [0.2, 0.25) is 0 Å². The highest BCUT2D eigenvalue weighted by molar-refractivity contribution is 7.98. The zero-order valence-electron chi connectivity index (χ0n) is 9.91. The number of hydrogen-bond acceptors (Lipinski definition) is 3. The van der Waals surface area contributed by atoms with E-state index >= 15 is 0 Å². The van der Waals surface area contributed by atoms with Crippen molar-refractivity contribution in [1.82, 2.24) is 10.2 Å². The van der Waals surface area contributed by atoms with E-state index in [0.29, 0.717) is 0 Å². The van der Waals surface area contributed by atoms with Crippen LogP contribution in [0.25, 0.3) is 0 Å². The molecule has 1 aliphatic heterocycles. The van der Waals surface area contributed by atoms with Crippen LogP contribution < -0.4 is 5.32 Å². The van der Waals surface area contributed by atoms with E-state index < -0.39 is 0 Å². The standard InChI is InChI=1S/C13H20N2S/c1-16-13-4-2-3-12(11-13)5-8-15-9-6-14-7-10-15/h2-4,11,14H,5-10H2,1H3.